The fourth-order valence-corrected chi connectivity index (χ4v) is 4.52. The number of hydrogen-bond acceptors (Lipinski definition) is 3. The van der Waals surface area contributed by atoms with Crippen LogP contribution in [0.2, 0.25) is 10.0 Å². The van der Waals surface area contributed by atoms with E-state index in [0.717, 1.165) is 33.8 Å². The molecule has 1 aliphatic heterocycles. The Morgan fingerprint density at radius 1 is 1.20 bits per heavy atom. The van der Waals surface area contributed by atoms with Crippen LogP contribution in [0.15, 0.2) is 42.5 Å². The number of aryl methyl sites for hydroxylation is 1. The van der Waals surface area contributed by atoms with E-state index in [1.54, 1.807) is 12.1 Å². The van der Waals surface area contributed by atoms with Crippen LogP contribution >= 0.6 is 23.2 Å². The number of non-ortho nitro benzene ring substituents is 1. The first kappa shape index (κ1) is 16.4. The Bertz CT molecular complexity index is 911. The number of fused-ring (bicyclic) bond motifs is 3. The van der Waals surface area contributed by atoms with E-state index in [1.807, 2.05) is 19.1 Å². The third-order valence-corrected chi connectivity index (χ3v) is 5.87. The molecule has 0 fully saturated rings. The minimum absolute atomic E-state index is 0.0531. The van der Waals surface area contributed by atoms with Crippen molar-refractivity contribution in [2.45, 2.75) is 25.3 Å². The average Bonchev–Trinajstić information content (AvgIpc) is 3.07. The third-order valence-electron chi connectivity index (χ3n) is 5.20. The molecule has 4 rings (SSSR count). The zero-order chi connectivity index (χ0) is 17.7. The third kappa shape index (κ3) is 2.60. The van der Waals surface area contributed by atoms with Crippen molar-refractivity contribution in [2.75, 3.05) is 5.32 Å². The van der Waals surface area contributed by atoms with Crippen LogP contribution in [0, 0.1) is 23.0 Å². The predicted molar refractivity (Wildman–Crippen MR) is 101 cm³/mol. The molecule has 1 heterocycles. The Balaban J connectivity index is 1.87. The molecule has 3 atom stereocenters. The molecule has 0 bridgehead atoms. The summed E-state index contributed by atoms with van der Waals surface area (Å²) in [6.45, 7) is 2.03. The Morgan fingerprint density at radius 2 is 1.96 bits per heavy atom. The number of nitro benzene ring substituents is 1. The van der Waals surface area contributed by atoms with E-state index in [-0.39, 0.29) is 28.5 Å². The molecule has 0 radical (unpaired) electrons. The molecule has 1 aliphatic carbocycles. The highest BCUT2D eigenvalue weighted by Gasteiger charge is 2.40. The van der Waals surface area contributed by atoms with Crippen molar-refractivity contribution in [1.82, 2.24) is 0 Å². The van der Waals surface area contributed by atoms with Gasteiger partial charge in [0.15, 0.2) is 0 Å². The Hall–Kier alpha value is -2.04. The summed E-state index contributed by atoms with van der Waals surface area (Å²) in [7, 11) is 0. The number of nitro groups is 1. The van der Waals surface area contributed by atoms with Crippen molar-refractivity contribution >= 4 is 34.6 Å². The first-order chi connectivity index (χ1) is 12.0. The summed E-state index contributed by atoms with van der Waals surface area (Å²) in [6.07, 6.45) is 5.22. The standard InChI is InChI=1S/C19H16Cl2N2O2/c1-10-5-7-16(21)17-12-3-2-4-13(12)19(22-18(10)17)14-9-11(23(24)25)6-8-15(14)20/h2-3,5-9,12-13,19,22H,4H2,1H3/t12-,13+,19-/m1/s1. The van der Waals surface area contributed by atoms with Gasteiger partial charge < -0.3 is 5.32 Å². The quantitative estimate of drug-likeness (QED) is 0.396. The highest BCUT2D eigenvalue weighted by Crippen LogP contribution is 2.53. The van der Waals surface area contributed by atoms with Crippen LogP contribution in [0.5, 0.6) is 0 Å². The molecule has 0 unspecified atom stereocenters. The van der Waals surface area contributed by atoms with Crippen molar-refractivity contribution in [3.05, 3.63) is 79.3 Å². The molecule has 1 N–H and O–H groups in total. The van der Waals surface area contributed by atoms with Gasteiger partial charge in [-0.2, -0.15) is 0 Å². The molecule has 25 heavy (non-hydrogen) atoms. The zero-order valence-electron chi connectivity index (χ0n) is 13.5. The molecule has 2 aliphatic rings. The van der Waals surface area contributed by atoms with E-state index < -0.39 is 0 Å². The minimum atomic E-state index is -0.386. The largest absolute Gasteiger partial charge is 0.377 e. The van der Waals surface area contributed by atoms with Gasteiger partial charge in [-0.3, -0.25) is 10.1 Å². The lowest BCUT2D eigenvalue weighted by molar-refractivity contribution is -0.384. The van der Waals surface area contributed by atoms with Crippen LogP contribution in [0.3, 0.4) is 0 Å². The van der Waals surface area contributed by atoms with E-state index in [2.05, 4.69) is 17.5 Å². The normalized spacial score (nSPS) is 23.7. The Labute approximate surface area is 155 Å². The van der Waals surface area contributed by atoms with Crippen LogP contribution < -0.4 is 5.32 Å². The Morgan fingerprint density at radius 3 is 2.72 bits per heavy atom. The zero-order valence-corrected chi connectivity index (χ0v) is 15.0. The fourth-order valence-electron chi connectivity index (χ4n) is 4.00. The molecular weight excluding hydrogens is 359 g/mol. The second kappa shape index (κ2) is 6.04. The monoisotopic (exact) mass is 374 g/mol. The van der Waals surface area contributed by atoms with Crippen molar-refractivity contribution in [2.24, 2.45) is 5.92 Å². The number of halogens is 2. The molecule has 0 amide bonds. The summed E-state index contributed by atoms with van der Waals surface area (Å²) >= 11 is 12.9. The molecule has 0 saturated heterocycles. The fraction of sp³-hybridized carbons (Fsp3) is 0.263. The van der Waals surface area contributed by atoms with Gasteiger partial charge in [0.1, 0.15) is 0 Å². The number of hydrogen-bond donors (Lipinski definition) is 1. The van der Waals surface area contributed by atoms with Crippen LogP contribution in [-0.2, 0) is 0 Å². The summed E-state index contributed by atoms with van der Waals surface area (Å²) < 4.78 is 0. The topological polar surface area (TPSA) is 55.2 Å². The van der Waals surface area contributed by atoms with Gasteiger partial charge in [-0.15, -0.1) is 0 Å². The highest BCUT2D eigenvalue weighted by molar-refractivity contribution is 6.32. The first-order valence-electron chi connectivity index (χ1n) is 8.13. The van der Waals surface area contributed by atoms with Gasteiger partial charge in [-0.1, -0.05) is 41.4 Å². The van der Waals surface area contributed by atoms with Gasteiger partial charge in [-0.05, 0) is 37.0 Å². The van der Waals surface area contributed by atoms with Gasteiger partial charge in [0.05, 0.1) is 11.0 Å². The maximum Gasteiger partial charge on any atom is 0.269 e. The molecule has 2 aromatic rings. The van der Waals surface area contributed by atoms with Crippen molar-refractivity contribution < 1.29 is 4.92 Å². The maximum absolute atomic E-state index is 11.2. The van der Waals surface area contributed by atoms with Crippen LogP contribution in [0.4, 0.5) is 11.4 Å². The second-order valence-electron chi connectivity index (χ2n) is 6.59. The predicted octanol–water partition coefficient (Wildman–Crippen LogP) is 6.04. The average molecular weight is 375 g/mol. The van der Waals surface area contributed by atoms with Crippen molar-refractivity contribution in [3.8, 4) is 0 Å². The molecule has 2 aromatic carbocycles. The molecule has 0 aromatic heterocycles. The van der Waals surface area contributed by atoms with Gasteiger partial charge in [0, 0.05) is 44.9 Å². The van der Waals surface area contributed by atoms with Crippen LogP contribution in [-0.4, -0.2) is 4.92 Å². The summed E-state index contributed by atoms with van der Waals surface area (Å²) in [5, 5.41) is 16.0. The summed E-state index contributed by atoms with van der Waals surface area (Å²) in [5.74, 6) is 0.412. The van der Waals surface area contributed by atoms with Gasteiger partial charge >= 0.3 is 0 Å². The second-order valence-corrected chi connectivity index (χ2v) is 7.41. The van der Waals surface area contributed by atoms with Crippen molar-refractivity contribution in [1.29, 1.82) is 0 Å². The lowest BCUT2D eigenvalue weighted by Gasteiger charge is -2.39. The number of nitrogens with zero attached hydrogens (tertiary/aromatic N) is 1. The van der Waals surface area contributed by atoms with Gasteiger partial charge in [0.2, 0.25) is 0 Å². The van der Waals surface area contributed by atoms with Crippen molar-refractivity contribution in [3.63, 3.8) is 0 Å². The summed E-state index contributed by atoms with van der Waals surface area (Å²) in [5.41, 5.74) is 4.03. The number of rotatable bonds is 2. The first-order valence-corrected chi connectivity index (χ1v) is 8.89. The molecule has 6 heteroatoms. The molecule has 4 nitrogen and oxygen atoms in total. The van der Waals surface area contributed by atoms with Crippen LogP contribution in [0.25, 0.3) is 0 Å². The van der Waals surface area contributed by atoms with Gasteiger partial charge in [0.25, 0.3) is 5.69 Å². The maximum atomic E-state index is 11.2. The Kier molecular flexibility index (Phi) is 3.97. The lowest BCUT2D eigenvalue weighted by atomic mass is 9.76. The van der Waals surface area contributed by atoms with E-state index in [1.165, 1.54) is 6.07 Å². The minimum Gasteiger partial charge on any atom is -0.377 e. The molecular formula is C19H16Cl2N2O2. The number of anilines is 1. The number of allylic oxidation sites excluding steroid dienone is 2. The van der Waals surface area contributed by atoms with E-state index in [9.17, 15) is 10.1 Å². The number of nitrogens with one attached hydrogen (secondary N) is 1. The lowest BCUT2D eigenvalue weighted by Crippen LogP contribution is -2.30. The van der Waals surface area contributed by atoms with Gasteiger partial charge in [-0.25, -0.2) is 0 Å². The highest BCUT2D eigenvalue weighted by atomic mass is 35.5. The van der Waals surface area contributed by atoms with E-state index >= 15 is 0 Å². The van der Waals surface area contributed by atoms with Crippen LogP contribution in [0.1, 0.15) is 35.1 Å². The smallest absolute Gasteiger partial charge is 0.269 e. The molecule has 128 valence electrons. The van der Waals surface area contributed by atoms with E-state index in [0.29, 0.717) is 5.02 Å². The molecule has 0 spiro atoms. The number of benzene rings is 2. The SMILES string of the molecule is Cc1ccc(Cl)c2c1N[C@@H](c1cc([N+](=O)[O-])ccc1Cl)[C@H]1CC=C[C@@H]21. The van der Waals surface area contributed by atoms with E-state index in [4.69, 9.17) is 23.2 Å². The molecule has 0 saturated carbocycles. The summed E-state index contributed by atoms with van der Waals surface area (Å²) in [6, 6.07) is 8.45. The summed E-state index contributed by atoms with van der Waals surface area (Å²) in [4.78, 5) is 10.8.